The van der Waals surface area contributed by atoms with Crippen LogP contribution in [0.3, 0.4) is 0 Å². The third kappa shape index (κ3) is 4.85. The molecule has 1 heterocycles. The summed E-state index contributed by atoms with van der Waals surface area (Å²) in [5, 5.41) is -0.0848. The molecular weight excluding hydrogens is 449 g/mol. The molecule has 34 heavy (non-hydrogen) atoms. The summed E-state index contributed by atoms with van der Waals surface area (Å²) in [7, 11) is 1.42. The van der Waals surface area contributed by atoms with Crippen molar-refractivity contribution >= 4 is 23.0 Å². The molecule has 3 aromatic carbocycles. The van der Waals surface area contributed by atoms with Crippen LogP contribution in [0.4, 0.5) is 13.2 Å². The van der Waals surface area contributed by atoms with Crippen molar-refractivity contribution in [3.8, 4) is 22.6 Å². The number of methoxy groups -OCH3 is 1. The highest BCUT2D eigenvalue weighted by molar-refractivity contribution is 5.90. The van der Waals surface area contributed by atoms with Gasteiger partial charge in [0.1, 0.15) is 17.1 Å². The van der Waals surface area contributed by atoms with E-state index in [9.17, 15) is 22.8 Å². The maximum Gasteiger partial charge on any atom is 0.450 e. The number of carbonyl (C=O) groups is 1. The van der Waals surface area contributed by atoms with Crippen molar-refractivity contribution in [2.24, 2.45) is 0 Å². The van der Waals surface area contributed by atoms with E-state index in [1.165, 1.54) is 55.7 Å². The molecule has 172 valence electrons. The third-order valence-electron chi connectivity index (χ3n) is 4.93. The Morgan fingerprint density at radius 1 is 0.941 bits per heavy atom. The molecule has 0 saturated carbocycles. The lowest BCUT2D eigenvalue weighted by Crippen LogP contribution is -2.16. The molecule has 0 bridgehead atoms. The number of esters is 1. The molecule has 5 nitrogen and oxygen atoms in total. The van der Waals surface area contributed by atoms with Crippen molar-refractivity contribution in [1.82, 2.24) is 0 Å². The van der Waals surface area contributed by atoms with Gasteiger partial charge in [0.05, 0.1) is 18.1 Å². The molecule has 8 heteroatoms. The van der Waals surface area contributed by atoms with Gasteiger partial charge in [0.2, 0.25) is 11.2 Å². The summed E-state index contributed by atoms with van der Waals surface area (Å²) in [6.45, 7) is 0. The Balaban J connectivity index is 1.72. The number of hydrogen-bond donors (Lipinski definition) is 0. The van der Waals surface area contributed by atoms with Crippen molar-refractivity contribution in [2.75, 3.05) is 7.11 Å². The molecule has 0 saturated heterocycles. The number of hydrogen-bond acceptors (Lipinski definition) is 5. The minimum atomic E-state index is -4.94. The predicted molar refractivity (Wildman–Crippen MR) is 121 cm³/mol. The van der Waals surface area contributed by atoms with Crippen LogP contribution >= 0.6 is 0 Å². The van der Waals surface area contributed by atoms with E-state index in [4.69, 9.17) is 13.9 Å². The molecule has 0 aliphatic heterocycles. The van der Waals surface area contributed by atoms with Crippen LogP contribution in [-0.2, 0) is 11.0 Å². The van der Waals surface area contributed by atoms with Crippen molar-refractivity contribution in [3.63, 3.8) is 0 Å². The SMILES string of the molecule is COc1ccc(-c2c(C(F)(F)F)oc3cc(OC(=O)C=Cc4ccccc4)ccc3c2=O)cc1. The number of fused-ring (bicyclic) bond motifs is 1. The van der Waals surface area contributed by atoms with Gasteiger partial charge in [0.25, 0.3) is 0 Å². The summed E-state index contributed by atoms with van der Waals surface area (Å²) in [6.07, 6.45) is -2.22. The molecule has 4 rings (SSSR count). The van der Waals surface area contributed by atoms with E-state index in [2.05, 4.69) is 0 Å². The van der Waals surface area contributed by atoms with Crippen LogP contribution in [0.2, 0.25) is 0 Å². The molecule has 0 radical (unpaired) electrons. The number of benzene rings is 3. The van der Waals surface area contributed by atoms with Gasteiger partial charge < -0.3 is 13.9 Å². The zero-order chi connectivity index (χ0) is 24.3. The monoisotopic (exact) mass is 466 g/mol. The number of ether oxygens (including phenoxy) is 2. The maximum atomic E-state index is 13.8. The lowest BCUT2D eigenvalue weighted by atomic mass is 10.0. The summed E-state index contributed by atoms with van der Waals surface area (Å²) in [5.74, 6) is -1.82. The Labute approximate surface area is 191 Å². The fraction of sp³-hybridized carbons (Fsp3) is 0.0769. The lowest BCUT2D eigenvalue weighted by Gasteiger charge is -2.13. The Hall–Kier alpha value is -4.33. The highest BCUT2D eigenvalue weighted by atomic mass is 19.4. The Morgan fingerprint density at radius 2 is 1.62 bits per heavy atom. The van der Waals surface area contributed by atoms with E-state index >= 15 is 0 Å². The first-order valence-electron chi connectivity index (χ1n) is 10.0. The zero-order valence-electron chi connectivity index (χ0n) is 17.8. The minimum absolute atomic E-state index is 0.0327. The average molecular weight is 466 g/mol. The van der Waals surface area contributed by atoms with Crippen LogP contribution in [0, 0.1) is 0 Å². The summed E-state index contributed by atoms with van der Waals surface area (Å²) < 4.78 is 56.7. The first kappa shape index (κ1) is 22.8. The number of rotatable bonds is 5. The van der Waals surface area contributed by atoms with E-state index in [0.29, 0.717) is 5.75 Å². The fourth-order valence-corrected chi connectivity index (χ4v) is 3.34. The highest BCUT2D eigenvalue weighted by Crippen LogP contribution is 2.38. The highest BCUT2D eigenvalue weighted by Gasteiger charge is 2.39. The number of halogens is 3. The smallest absolute Gasteiger partial charge is 0.450 e. The Kier molecular flexibility index (Phi) is 6.23. The first-order chi connectivity index (χ1) is 16.3. The molecule has 4 aromatic rings. The second kappa shape index (κ2) is 9.27. The number of carbonyl (C=O) groups excluding carboxylic acids is 1. The minimum Gasteiger partial charge on any atom is -0.497 e. The van der Waals surface area contributed by atoms with Gasteiger partial charge in [-0.25, -0.2) is 4.79 Å². The predicted octanol–water partition coefficient (Wildman–Crippen LogP) is 6.11. The fourth-order valence-electron chi connectivity index (χ4n) is 3.34. The van der Waals surface area contributed by atoms with Gasteiger partial charge in [-0.1, -0.05) is 42.5 Å². The molecule has 0 N–H and O–H groups in total. The van der Waals surface area contributed by atoms with Crippen LogP contribution in [0.15, 0.2) is 88.1 Å². The zero-order valence-corrected chi connectivity index (χ0v) is 17.8. The van der Waals surface area contributed by atoms with Crippen molar-refractivity contribution < 1.29 is 31.9 Å². The van der Waals surface area contributed by atoms with Gasteiger partial charge in [-0.2, -0.15) is 13.2 Å². The molecule has 0 spiro atoms. The van der Waals surface area contributed by atoms with Crippen molar-refractivity contribution in [3.05, 3.63) is 100 Å². The van der Waals surface area contributed by atoms with E-state index in [1.807, 2.05) is 6.07 Å². The van der Waals surface area contributed by atoms with Gasteiger partial charge in [-0.05, 0) is 41.5 Å². The summed E-state index contributed by atoms with van der Waals surface area (Å²) in [4.78, 5) is 25.1. The average Bonchev–Trinajstić information content (AvgIpc) is 2.83. The summed E-state index contributed by atoms with van der Waals surface area (Å²) in [5.41, 5.74) is -1.03. The largest absolute Gasteiger partial charge is 0.497 e. The molecule has 0 aliphatic rings. The van der Waals surface area contributed by atoms with Crippen LogP contribution in [0.5, 0.6) is 11.5 Å². The van der Waals surface area contributed by atoms with Crippen molar-refractivity contribution in [1.29, 1.82) is 0 Å². The molecule has 0 atom stereocenters. The normalized spacial score (nSPS) is 11.6. The first-order valence-corrected chi connectivity index (χ1v) is 10.0. The van der Waals surface area contributed by atoms with Crippen LogP contribution in [-0.4, -0.2) is 13.1 Å². The van der Waals surface area contributed by atoms with Crippen LogP contribution in [0.1, 0.15) is 11.3 Å². The second-order valence-corrected chi connectivity index (χ2v) is 7.18. The molecule has 1 aromatic heterocycles. The maximum absolute atomic E-state index is 13.8. The van der Waals surface area contributed by atoms with Gasteiger partial charge in [0, 0.05) is 12.1 Å². The molecule has 0 aliphatic carbocycles. The Morgan fingerprint density at radius 3 is 2.26 bits per heavy atom. The molecule has 0 fully saturated rings. The summed E-state index contributed by atoms with van der Waals surface area (Å²) >= 11 is 0. The van der Waals surface area contributed by atoms with Gasteiger partial charge in [-0.15, -0.1) is 0 Å². The van der Waals surface area contributed by atoms with Gasteiger partial charge in [0.15, 0.2) is 0 Å². The topological polar surface area (TPSA) is 65.7 Å². The summed E-state index contributed by atoms with van der Waals surface area (Å²) in [6, 6.07) is 18.3. The standard InChI is InChI=1S/C26H17F3O5/c1-32-18-10-8-17(9-11-18)23-24(31)20-13-12-19(15-21(20)34-25(23)26(27,28)29)33-22(30)14-7-16-5-3-2-4-6-16/h2-15H,1H3. The third-order valence-corrected chi connectivity index (χ3v) is 4.93. The number of alkyl halides is 3. The lowest BCUT2D eigenvalue weighted by molar-refractivity contribution is -0.152. The van der Waals surface area contributed by atoms with E-state index in [1.54, 1.807) is 24.3 Å². The van der Waals surface area contributed by atoms with Gasteiger partial charge in [-0.3, -0.25) is 4.79 Å². The Bertz CT molecular complexity index is 1420. The van der Waals surface area contributed by atoms with E-state index < -0.39 is 28.9 Å². The van der Waals surface area contributed by atoms with Gasteiger partial charge >= 0.3 is 12.1 Å². The van der Waals surface area contributed by atoms with Crippen LogP contribution in [0.25, 0.3) is 28.2 Å². The molecule has 0 amide bonds. The van der Waals surface area contributed by atoms with E-state index in [-0.39, 0.29) is 22.3 Å². The second-order valence-electron chi connectivity index (χ2n) is 7.18. The van der Waals surface area contributed by atoms with Crippen molar-refractivity contribution in [2.45, 2.75) is 6.18 Å². The quantitative estimate of drug-likeness (QED) is 0.202. The van der Waals surface area contributed by atoms with E-state index in [0.717, 1.165) is 11.6 Å². The van der Waals surface area contributed by atoms with Crippen LogP contribution < -0.4 is 14.9 Å². The molecule has 0 unspecified atom stereocenters. The molecular formula is C26H17F3O5.